The van der Waals surface area contributed by atoms with Gasteiger partial charge in [-0.2, -0.15) is 8.78 Å². The van der Waals surface area contributed by atoms with Crippen molar-refractivity contribution in [1.29, 1.82) is 0 Å². The molecule has 7 heteroatoms. The number of rotatable bonds is 2. The summed E-state index contributed by atoms with van der Waals surface area (Å²) in [5.74, 6) is -6.62. The Hall–Kier alpha value is -0.850. The molecule has 1 fully saturated rings. The number of hydrogen-bond donors (Lipinski definition) is 0. The molecule has 13 heavy (non-hydrogen) atoms. The summed E-state index contributed by atoms with van der Waals surface area (Å²) in [6.45, 7) is 0.0339. The Morgan fingerprint density at radius 3 is 2.46 bits per heavy atom. The molecule has 1 aliphatic rings. The highest BCUT2D eigenvalue weighted by atomic mass is 19.3. The van der Waals surface area contributed by atoms with Gasteiger partial charge in [0.15, 0.2) is 0 Å². The maximum Gasteiger partial charge on any atom is 0.385 e. The van der Waals surface area contributed by atoms with E-state index < -0.39 is 18.3 Å². The first-order chi connectivity index (χ1) is 5.96. The Labute approximate surface area is 71.2 Å². The zero-order valence-corrected chi connectivity index (χ0v) is 6.47. The van der Waals surface area contributed by atoms with E-state index in [0.717, 1.165) is 0 Å². The van der Waals surface area contributed by atoms with Crippen LogP contribution in [0.15, 0.2) is 0 Å². The lowest BCUT2D eigenvalue weighted by Crippen LogP contribution is -2.46. The van der Waals surface area contributed by atoms with E-state index in [1.165, 1.54) is 0 Å². The lowest BCUT2D eigenvalue weighted by molar-refractivity contribution is -0.212. The first-order valence-corrected chi connectivity index (χ1v) is 3.57. The van der Waals surface area contributed by atoms with Gasteiger partial charge in [0.05, 0.1) is 13.2 Å². The molecule has 0 unspecified atom stereocenters. The lowest BCUT2D eigenvalue weighted by atomic mass is 10.3. The van der Waals surface area contributed by atoms with E-state index >= 15 is 0 Å². The molecule has 0 saturated carbocycles. The summed E-state index contributed by atoms with van der Waals surface area (Å²) in [6.07, 6.45) is -3.62. The van der Waals surface area contributed by atoms with Crippen molar-refractivity contribution in [2.75, 3.05) is 13.2 Å². The van der Waals surface area contributed by atoms with Crippen molar-refractivity contribution in [3.63, 3.8) is 0 Å². The lowest BCUT2D eigenvalue weighted by Gasteiger charge is -2.20. The summed E-state index contributed by atoms with van der Waals surface area (Å²) < 4.78 is 48.1. The van der Waals surface area contributed by atoms with Crippen LogP contribution in [-0.4, -0.2) is 36.5 Å². The first-order valence-electron chi connectivity index (χ1n) is 3.57. The largest absolute Gasteiger partial charge is 0.385 e. The van der Waals surface area contributed by atoms with Gasteiger partial charge >= 0.3 is 18.3 Å². The summed E-state index contributed by atoms with van der Waals surface area (Å²) in [4.78, 5) is 15.1. The van der Waals surface area contributed by atoms with Crippen molar-refractivity contribution in [3.8, 4) is 0 Å². The molecular weight excluding hydrogens is 194 g/mol. The zero-order valence-electron chi connectivity index (χ0n) is 6.47. The number of halogens is 4. The van der Waals surface area contributed by atoms with Gasteiger partial charge in [0, 0.05) is 0 Å². The van der Waals surface area contributed by atoms with Gasteiger partial charge in [-0.15, -0.1) is 0 Å². The van der Waals surface area contributed by atoms with E-state index in [9.17, 15) is 22.4 Å². The van der Waals surface area contributed by atoms with Gasteiger partial charge in [-0.05, 0) is 6.42 Å². The second-order valence-corrected chi connectivity index (χ2v) is 2.52. The Morgan fingerprint density at radius 1 is 1.46 bits per heavy atom. The monoisotopic (exact) mass is 201 g/mol. The molecule has 0 radical (unpaired) electrons. The van der Waals surface area contributed by atoms with Crippen molar-refractivity contribution in [1.82, 2.24) is 5.06 Å². The molecule has 0 aromatic carbocycles. The minimum absolute atomic E-state index is 0.0683. The molecule has 0 aliphatic carbocycles. The van der Waals surface area contributed by atoms with Gasteiger partial charge in [-0.3, -0.25) is 9.63 Å². The maximum absolute atomic E-state index is 12.4. The minimum Gasteiger partial charge on any atom is -0.271 e. The standard InChI is InChI=1S/C6H7F4NO2/c7-4(8)6(9,10)5(12)11-2-1-3-13-11/h4H,1-3H2. The van der Waals surface area contributed by atoms with Crippen LogP contribution >= 0.6 is 0 Å². The highest BCUT2D eigenvalue weighted by Crippen LogP contribution is 2.26. The van der Waals surface area contributed by atoms with Crippen LogP contribution in [0.5, 0.6) is 0 Å². The number of amides is 1. The Kier molecular flexibility index (Phi) is 2.74. The van der Waals surface area contributed by atoms with Gasteiger partial charge in [0.25, 0.3) is 0 Å². The quantitative estimate of drug-likeness (QED) is 0.625. The third-order valence-corrected chi connectivity index (χ3v) is 1.54. The van der Waals surface area contributed by atoms with E-state index in [0.29, 0.717) is 6.42 Å². The third kappa shape index (κ3) is 1.90. The molecule has 1 heterocycles. The predicted molar refractivity (Wildman–Crippen MR) is 33.2 cm³/mol. The zero-order chi connectivity index (χ0) is 10.1. The van der Waals surface area contributed by atoms with Gasteiger partial charge in [0.1, 0.15) is 0 Å². The number of alkyl halides is 4. The number of nitrogens with zero attached hydrogens (tertiary/aromatic N) is 1. The maximum atomic E-state index is 12.4. The fraction of sp³-hybridized carbons (Fsp3) is 0.833. The van der Waals surface area contributed by atoms with E-state index in [4.69, 9.17) is 0 Å². The molecule has 0 aromatic heterocycles. The van der Waals surface area contributed by atoms with Crippen molar-refractivity contribution in [2.45, 2.75) is 18.8 Å². The fourth-order valence-corrected chi connectivity index (χ4v) is 0.867. The first kappa shape index (κ1) is 10.2. The number of carbonyl (C=O) groups excluding carboxylic acids is 1. The van der Waals surface area contributed by atoms with Crippen LogP contribution < -0.4 is 0 Å². The molecule has 1 amide bonds. The summed E-state index contributed by atoms with van der Waals surface area (Å²) in [5, 5.41) is 0.284. The highest BCUT2D eigenvalue weighted by Gasteiger charge is 2.52. The average molecular weight is 201 g/mol. The van der Waals surface area contributed by atoms with Crippen molar-refractivity contribution in [2.24, 2.45) is 0 Å². The fourth-order valence-electron chi connectivity index (χ4n) is 0.867. The highest BCUT2D eigenvalue weighted by molar-refractivity contribution is 5.83. The summed E-state index contributed by atoms with van der Waals surface area (Å²) in [7, 11) is 0. The second-order valence-electron chi connectivity index (χ2n) is 2.52. The Morgan fingerprint density at radius 2 is 2.08 bits per heavy atom. The number of hydroxylamine groups is 2. The van der Waals surface area contributed by atoms with E-state index in [-0.39, 0.29) is 18.2 Å². The van der Waals surface area contributed by atoms with Crippen molar-refractivity contribution in [3.05, 3.63) is 0 Å². The van der Waals surface area contributed by atoms with Crippen LogP contribution in [0, 0.1) is 0 Å². The molecule has 0 aromatic rings. The van der Waals surface area contributed by atoms with E-state index in [2.05, 4.69) is 4.84 Å². The molecule has 1 saturated heterocycles. The molecule has 1 rings (SSSR count). The number of carbonyl (C=O) groups is 1. The molecular formula is C6H7F4NO2. The Bertz CT molecular complexity index is 203. The van der Waals surface area contributed by atoms with Gasteiger partial charge in [-0.1, -0.05) is 0 Å². The number of hydrogen-bond acceptors (Lipinski definition) is 2. The molecule has 3 nitrogen and oxygen atoms in total. The van der Waals surface area contributed by atoms with Crippen LogP contribution in [0.2, 0.25) is 0 Å². The summed E-state index contributed by atoms with van der Waals surface area (Å²) in [6, 6.07) is 0. The van der Waals surface area contributed by atoms with Crippen LogP contribution in [-0.2, 0) is 9.63 Å². The van der Waals surface area contributed by atoms with Crippen LogP contribution in [0.3, 0.4) is 0 Å². The normalized spacial score (nSPS) is 18.4. The van der Waals surface area contributed by atoms with Gasteiger partial charge < -0.3 is 0 Å². The average Bonchev–Trinajstić information content (AvgIpc) is 2.54. The van der Waals surface area contributed by atoms with E-state index in [1.807, 2.05) is 0 Å². The predicted octanol–water partition coefficient (Wildman–Crippen LogP) is 1.05. The topological polar surface area (TPSA) is 29.5 Å². The van der Waals surface area contributed by atoms with Crippen LogP contribution in [0.4, 0.5) is 17.6 Å². The Balaban J connectivity index is 2.64. The molecule has 0 bridgehead atoms. The molecule has 0 atom stereocenters. The smallest absolute Gasteiger partial charge is 0.271 e. The third-order valence-electron chi connectivity index (χ3n) is 1.54. The van der Waals surface area contributed by atoms with Crippen molar-refractivity contribution < 1.29 is 27.2 Å². The molecule has 0 spiro atoms. The minimum atomic E-state index is -4.65. The van der Waals surface area contributed by atoms with E-state index in [1.54, 1.807) is 0 Å². The van der Waals surface area contributed by atoms with Crippen LogP contribution in [0.1, 0.15) is 6.42 Å². The van der Waals surface area contributed by atoms with Gasteiger partial charge in [-0.25, -0.2) is 13.8 Å². The SMILES string of the molecule is O=C(N1CCCO1)C(F)(F)C(F)F. The molecule has 1 aliphatic heterocycles. The van der Waals surface area contributed by atoms with Crippen LogP contribution in [0.25, 0.3) is 0 Å². The molecule has 0 N–H and O–H groups in total. The summed E-state index contributed by atoms with van der Waals surface area (Å²) >= 11 is 0. The van der Waals surface area contributed by atoms with Crippen molar-refractivity contribution >= 4 is 5.91 Å². The molecule has 76 valence electrons. The summed E-state index contributed by atoms with van der Waals surface area (Å²) in [5.41, 5.74) is 0. The second kappa shape index (κ2) is 3.49. The van der Waals surface area contributed by atoms with Gasteiger partial charge in [0.2, 0.25) is 0 Å².